The first kappa shape index (κ1) is 17.3. The summed E-state index contributed by atoms with van der Waals surface area (Å²) in [5.74, 6) is 3.37. The van der Waals surface area contributed by atoms with Crippen molar-refractivity contribution in [3.8, 4) is 11.5 Å². The van der Waals surface area contributed by atoms with E-state index in [1.165, 1.54) is 32.1 Å². The fourth-order valence-corrected chi connectivity index (χ4v) is 6.87. The fraction of sp³-hybridized carbons (Fsp3) is 0.458. The fourth-order valence-electron chi connectivity index (χ4n) is 6.15. The van der Waals surface area contributed by atoms with E-state index in [0.29, 0.717) is 5.41 Å². The van der Waals surface area contributed by atoms with Crippen molar-refractivity contribution in [3.05, 3.63) is 60.2 Å². The molecule has 4 fully saturated rings. The molecule has 2 nitrogen and oxygen atoms in total. The predicted octanol–water partition coefficient (Wildman–Crippen LogP) is 6.48. The zero-order valence-electron chi connectivity index (χ0n) is 15.6. The van der Waals surface area contributed by atoms with Crippen LogP contribution in [0.1, 0.15) is 44.1 Å². The minimum Gasteiger partial charge on any atom is -0.457 e. The summed E-state index contributed by atoms with van der Waals surface area (Å²) in [6.45, 7) is 0.915. The number of alkyl halides is 1. The van der Waals surface area contributed by atoms with Crippen LogP contribution in [0.3, 0.4) is 0 Å². The monoisotopic (exact) mass is 379 g/mol. The first-order valence-corrected chi connectivity index (χ1v) is 10.5. The first-order chi connectivity index (χ1) is 13.1. The second-order valence-electron chi connectivity index (χ2n) is 9.07. The number of para-hydroxylation sites is 1. The summed E-state index contributed by atoms with van der Waals surface area (Å²) >= 11 is 6.95. The number of ether oxygens (including phenoxy) is 1. The van der Waals surface area contributed by atoms with E-state index in [9.17, 15) is 0 Å². The van der Waals surface area contributed by atoms with Gasteiger partial charge >= 0.3 is 0 Å². The van der Waals surface area contributed by atoms with Gasteiger partial charge in [-0.25, -0.2) is 0 Å². The largest absolute Gasteiger partial charge is 0.457 e. The number of hydrogen-bond acceptors (Lipinski definition) is 2. The number of nitrogens with zero attached hydrogens (tertiary/aromatic N) is 1. The smallest absolute Gasteiger partial charge is 0.128 e. The van der Waals surface area contributed by atoms with E-state index in [0.717, 1.165) is 41.9 Å². The maximum Gasteiger partial charge on any atom is 0.128 e. The molecule has 0 amide bonds. The molecule has 2 atom stereocenters. The first-order valence-electron chi connectivity index (χ1n) is 10.1. The maximum absolute atomic E-state index is 6.95. The van der Waals surface area contributed by atoms with Gasteiger partial charge in [-0.05, 0) is 85.6 Å². The Morgan fingerprint density at radius 2 is 1.70 bits per heavy atom. The third-order valence-corrected chi connectivity index (χ3v) is 7.06. The van der Waals surface area contributed by atoms with Crippen LogP contribution in [-0.4, -0.2) is 17.6 Å². The zero-order chi connectivity index (χ0) is 18.3. The lowest BCUT2D eigenvalue weighted by atomic mass is 9.49. The molecule has 27 heavy (non-hydrogen) atoms. The van der Waals surface area contributed by atoms with Crippen molar-refractivity contribution >= 4 is 17.8 Å². The summed E-state index contributed by atoms with van der Waals surface area (Å²) in [4.78, 5) is 4.94. The van der Waals surface area contributed by atoms with Gasteiger partial charge < -0.3 is 4.74 Å². The molecule has 140 valence electrons. The Kier molecular flexibility index (Phi) is 4.27. The van der Waals surface area contributed by atoms with Crippen LogP contribution < -0.4 is 4.74 Å². The minimum atomic E-state index is 0.0725. The number of aliphatic imine (C=N–C) groups is 1. The lowest BCUT2D eigenvalue weighted by molar-refractivity contribution is -0.0336. The summed E-state index contributed by atoms with van der Waals surface area (Å²) in [5, 5.41) is 0. The van der Waals surface area contributed by atoms with Crippen LogP contribution in [0.5, 0.6) is 11.5 Å². The van der Waals surface area contributed by atoms with Gasteiger partial charge in [0.1, 0.15) is 11.5 Å². The molecule has 0 radical (unpaired) electrons. The topological polar surface area (TPSA) is 21.6 Å². The van der Waals surface area contributed by atoms with Crippen molar-refractivity contribution in [2.24, 2.45) is 22.2 Å². The van der Waals surface area contributed by atoms with Gasteiger partial charge in [-0.1, -0.05) is 30.3 Å². The van der Waals surface area contributed by atoms with Crippen LogP contribution in [0.25, 0.3) is 0 Å². The Bertz CT molecular complexity index is 832. The van der Waals surface area contributed by atoms with Gasteiger partial charge in [0, 0.05) is 17.6 Å². The van der Waals surface area contributed by atoms with Crippen LogP contribution >= 0.6 is 11.6 Å². The molecule has 4 aliphatic rings. The molecule has 4 aliphatic carbocycles. The lowest BCUT2D eigenvalue weighted by Gasteiger charge is -2.59. The zero-order valence-corrected chi connectivity index (χ0v) is 16.4. The second kappa shape index (κ2) is 6.67. The highest BCUT2D eigenvalue weighted by atomic mass is 35.5. The number of rotatable bonds is 5. The summed E-state index contributed by atoms with van der Waals surface area (Å²) in [7, 11) is 0. The van der Waals surface area contributed by atoms with Crippen molar-refractivity contribution in [2.75, 3.05) is 6.54 Å². The lowest BCUT2D eigenvalue weighted by Crippen LogP contribution is -2.54. The van der Waals surface area contributed by atoms with E-state index in [1.807, 2.05) is 48.7 Å². The van der Waals surface area contributed by atoms with Gasteiger partial charge in [-0.15, -0.1) is 11.6 Å². The Morgan fingerprint density at radius 1 is 0.963 bits per heavy atom. The highest BCUT2D eigenvalue weighted by molar-refractivity contribution is 6.24. The van der Waals surface area contributed by atoms with E-state index in [4.69, 9.17) is 21.3 Å². The van der Waals surface area contributed by atoms with E-state index in [2.05, 4.69) is 12.1 Å². The van der Waals surface area contributed by atoms with Crippen LogP contribution in [0.15, 0.2) is 59.6 Å². The van der Waals surface area contributed by atoms with Gasteiger partial charge in [0.2, 0.25) is 0 Å². The van der Waals surface area contributed by atoms with Crippen molar-refractivity contribution in [1.29, 1.82) is 0 Å². The van der Waals surface area contributed by atoms with E-state index in [-0.39, 0.29) is 4.87 Å². The molecule has 2 aromatic rings. The normalized spacial score (nSPS) is 34.3. The number of halogens is 1. The summed E-state index contributed by atoms with van der Waals surface area (Å²) in [6, 6.07) is 18.0. The molecule has 0 N–H and O–H groups in total. The molecule has 0 spiro atoms. The molecule has 6 rings (SSSR count). The van der Waals surface area contributed by atoms with Gasteiger partial charge in [-0.2, -0.15) is 0 Å². The quantitative estimate of drug-likeness (QED) is 0.430. The summed E-state index contributed by atoms with van der Waals surface area (Å²) < 4.78 is 5.93. The summed E-state index contributed by atoms with van der Waals surface area (Å²) in [5.41, 5.74) is 1.44. The van der Waals surface area contributed by atoms with Crippen molar-refractivity contribution in [1.82, 2.24) is 0 Å². The van der Waals surface area contributed by atoms with Gasteiger partial charge in [0.05, 0.1) is 0 Å². The molecule has 2 aromatic carbocycles. The SMILES string of the molecule is ClC12C[C@H]3C[C@H](C1)CC(CN=Cc1cccc(Oc4ccccc4)c1)(C3)C2. The number of hydrogen-bond donors (Lipinski definition) is 0. The van der Waals surface area contributed by atoms with E-state index < -0.39 is 0 Å². The van der Waals surface area contributed by atoms with Gasteiger partial charge in [0.15, 0.2) is 0 Å². The van der Waals surface area contributed by atoms with Crippen molar-refractivity contribution < 1.29 is 4.74 Å². The minimum absolute atomic E-state index is 0.0725. The van der Waals surface area contributed by atoms with Gasteiger partial charge in [-0.3, -0.25) is 4.99 Å². The van der Waals surface area contributed by atoms with Crippen molar-refractivity contribution in [2.45, 2.75) is 43.4 Å². The highest BCUT2D eigenvalue weighted by Crippen LogP contribution is 2.63. The molecular formula is C24H26ClNO. The predicted molar refractivity (Wildman–Crippen MR) is 111 cm³/mol. The number of benzene rings is 2. The van der Waals surface area contributed by atoms with E-state index >= 15 is 0 Å². The average molecular weight is 380 g/mol. The molecular weight excluding hydrogens is 354 g/mol. The molecule has 0 aliphatic heterocycles. The Labute approximate surface area is 166 Å². The molecule has 0 unspecified atom stereocenters. The molecule has 3 heteroatoms. The Hall–Kier alpha value is -1.80. The van der Waals surface area contributed by atoms with Crippen LogP contribution in [0.2, 0.25) is 0 Å². The molecule has 0 aromatic heterocycles. The Balaban J connectivity index is 1.27. The third-order valence-electron chi connectivity index (χ3n) is 6.61. The second-order valence-corrected chi connectivity index (χ2v) is 9.87. The van der Waals surface area contributed by atoms with Crippen molar-refractivity contribution in [3.63, 3.8) is 0 Å². The van der Waals surface area contributed by atoms with Gasteiger partial charge in [0.25, 0.3) is 0 Å². The van der Waals surface area contributed by atoms with Crippen LogP contribution in [0, 0.1) is 17.3 Å². The van der Waals surface area contributed by atoms with Crippen LogP contribution in [0.4, 0.5) is 0 Å². The molecule has 4 saturated carbocycles. The molecule has 0 saturated heterocycles. The average Bonchev–Trinajstić information content (AvgIpc) is 2.61. The Morgan fingerprint density at radius 3 is 2.44 bits per heavy atom. The molecule has 0 heterocycles. The third kappa shape index (κ3) is 3.65. The standard InChI is InChI=1S/C24H26ClNO/c25-24-13-19-9-20(14-24)12-23(11-19,16-24)17-26-15-18-5-4-8-22(10-18)27-21-6-2-1-3-7-21/h1-8,10,15,19-20H,9,11-14,16-17H2/t19-,20-,23?,24?/m0/s1. The highest BCUT2D eigenvalue weighted by Gasteiger charge is 2.56. The molecule has 4 bridgehead atoms. The van der Waals surface area contributed by atoms with Crippen LogP contribution in [-0.2, 0) is 0 Å². The maximum atomic E-state index is 6.95. The van der Waals surface area contributed by atoms with E-state index in [1.54, 1.807) is 0 Å². The summed E-state index contributed by atoms with van der Waals surface area (Å²) in [6.07, 6.45) is 9.68.